The van der Waals surface area contributed by atoms with Gasteiger partial charge in [-0.15, -0.1) is 11.3 Å². The summed E-state index contributed by atoms with van der Waals surface area (Å²) in [7, 11) is 1.56. The van der Waals surface area contributed by atoms with E-state index in [0.29, 0.717) is 80.0 Å². The largest absolute Gasteiger partial charge is 0.493 e. The molecule has 0 saturated carbocycles. The van der Waals surface area contributed by atoms with Gasteiger partial charge in [-0.1, -0.05) is 18.2 Å². The topological polar surface area (TPSA) is 104 Å². The number of ether oxygens (including phenoxy) is 4. The lowest BCUT2D eigenvalue weighted by atomic mass is 10.1. The smallest absolute Gasteiger partial charge is 0.328 e. The maximum Gasteiger partial charge on any atom is 0.328 e. The maximum atomic E-state index is 13.0. The first kappa shape index (κ1) is 27.3. The molecule has 0 aliphatic carbocycles. The Morgan fingerprint density at radius 1 is 0.829 bits per heavy atom. The average Bonchev–Trinajstić information content (AvgIpc) is 3.02. The molecule has 0 amide bonds. The minimum Gasteiger partial charge on any atom is -0.493 e. The van der Waals surface area contributed by atoms with E-state index in [2.05, 4.69) is 19.8 Å². The van der Waals surface area contributed by atoms with Crippen LogP contribution in [0.4, 0.5) is 11.9 Å². The Balaban J connectivity index is 1.31. The first-order valence-electron chi connectivity index (χ1n) is 13.2. The Morgan fingerprint density at radius 3 is 2.05 bits per heavy atom. The van der Waals surface area contributed by atoms with Gasteiger partial charge < -0.3 is 28.7 Å². The van der Waals surface area contributed by atoms with Crippen molar-refractivity contribution in [3.8, 4) is 33.6 Å². The first-order chi connectivity index (χ1) is 20.1. The van der Waals surface area contributed by atoms with E-state index in [-0.39, 0.29) is 11.6 Å². The van der Waals surface area contributed by atoms with Crippen molar-refractivity contribution >= 4 is 35.5 Å². The van der Waals surface area contributed by atoms with Crippen LogP contribution in [-0.2, 0) is 9.47 Å². The fraction of sp³-hybridized carbons (Fsp3) is 0.321. The van der Waals surface area contributed by atoms with Gasteiger partial charge in [0, 0.05) is 37.1 Å². The molecule has 2 aliphatic rings. The molecule has 2 aliphatic heterocycles. The van der Waals surface area contributed by atoms with Crippen LogP contribution >= 0.6 is 23.6 Å². The number of benzene rings is 2. The summed E-state index contributed by atoms with van der Waals surface area (Å²) < 4.78 is 24.8. The summed E-state index contributed by atoms with van der Waals surface area (Å²) in [5, 5.41) is 0. The van der Waals surface area contributed by atoms with Gasteiger partial charge in [0.1, 0.15) is 0 Å². The Hall–Kier alpha value is -3.91. The second-order valence-corrected chi connectivity index (χ2v) is 10.9. The van der Waals surface area contributed by atoms with E-state index >= 15 is 0 Å². The van der Waals surface area contributed by atoms with Crippen LogP contribution in [0.2, 0.25) is 0 Å². The number of hydrogen-bond acceptors (Lipinski definition) is 12. The normalized spacial score (nSPS) is 15.5. The second kappa shape index (κ2) is 12.3. The second-order valence-electron chi connectivity index (χ2n) is 9.27. The predicted octanol–water partition coefficient (Wildman–Crippen LogP) is 3.95. The fourth-order valence-corrected chi connectivity index (χ4v) is 5.93. The minimum atomic E-state index is -0.203. The van der Waals surface area contributed by atoms with Crippen LogP contribution < -0.4 is 24.8 Å². The lowest BCUT2D eigenvalue weighted by Gasteiger charge is -2.30. The molecule has 11 nitrogen and oxygen atoms in total. The van der Waals surface area contributed by atoms with Gasteiger partial charge in [-0.2, -0.15) is 15.0 Å². The third kappa shape index (κ3) is 6.07. The Labute approximate surface area is 245 Å². The molecule has 2 aromatic heterocycles. The highest BCUT2D eigenvalue weighted by Gasteiger charge is 2.22. The quantitative estimate of drug-likeness (QED) is 0.291. The van der Waals surface area contributed by atoms with Gasteiger partial charge in [-0.25, -0.2) is 0 Å². The van der Waals surface area contributed by atoms with Crippen molar-refractivity contribution in [2.45, 2.75) is 0 Å². The lowest BCUT2D eigenvalue weighted by molar-refractivity contribution is 0.121. The van der Waals surface area contributed by atoms with E-state index in [1.807, 2.05) is 42.5 Å². The molecule has 2 saturated heterocycles. The van der Waals surface area contributed by atoms with E-state index in [1.54, 1.807) is 19.2 Å². The summed E-state index contributed by atoms with van der Waals surface area (Å²) in [6.45, 7) is 5.14. The van der Waals surface area contributed by atoms with Crippen LogP contribution in [-0.4, -0.2) is 79.2 Å². The van der Waals surface area contributed by atoms with Crippen LogP contribution in [0.1, 0.15) is 0 Å². The monoisotopic (exact) mass is 592 g/mol. The molecule has 0 unspecified atom stereocenters. The Morgan fingerprint density at radius 2 is 1.46 bits per heavy atom. The molecule has 13 heteroatoms. The van der Waals surface area contributed by atoms with Crippen molar-refractivity contribution in [2.24, 2.45) is 0 Å². The predicted molar refractivity (Wildman–Crippen MR) is 159 cm³/mol. The summed E-state index contributed by atoms with van der Waals surface area (Å²) in [5.41, 5.74) is 1.31. The van der Waals surface area contributed by atoms with Crippen LogP contribution in [0, 0.1) is 3.95 Å². The lowest BCUT2D eigenvalue weighted by Crippen LogP contribution is -2.40. The number of aromatic nitrogens is 4. The Bertz CT molecular complexity index is 1570. The van der Waals surface area contributed by atoms with E-state index < -0.39 is 0 Å². The molecule has 0 spiro atoms. The highest BCUT2D eigenvalue weighted by atomic mass is 32.1. The average molecular weight is 593 g/mol. The highest BCUT2D eigenvalue weighted by Crippen LogP contribution is 2.36. The molecule has 0 bridgehead atoms. The molecule has 0 atom stereocenters. The summed E-state index contributed by atoms with van der Waals surface area (Å²) in [6.07, 6.45) is 0. The van der Waals surface area contributed by atoms with Crippen molar-refractivity contribution in [1.82, 2.24) is 19.5 Å². The summed E-state index contributed by atoms with van der Waals surface area (Å²) in [4.78, 5) is 31.8. The summed E-state index contributed by atoms with van der Waals surface area (Å²) >= 11 is 6.94. The molecular formula is C28H28N6O5S2. The number of nitrogens with zero attached hydrogens (tertiary/aromatic N) is 6. The number of rotatable bonds is 7. The van der Waals surface area contributed by atoms with Gasteiger partial charge >= 0.3 is 6.01 Å². The van der Waals surface area contributed by atoms with Crippen LogP contribution in [0.3, 0.4) is 0 Å². The van der Waals surface area contributed by atoms with Crippen LogP contribution in [0.15, 0.2) is 59.4 Å². The Kier molecular flexibility index (Phi) is 8.19. The van der Waals surface area contributed by atoms with Gasteiger partial charge in [-0.05, 0) is 48.1 Å². The maximum absolute atomic E-state index is 13.0. The van der Waals surface area contributed by atoms with E-state index in [0.717, 1.165) is 16.1 Å². The molecule has 6 rings (SSSR count). The third-order valence-corrected chi connectivity index (χ3v) is 8.06. The highest BCUT2D eigenvalue weighted by molar-refractivity contribution is 7.73. The molecule has 2 fully saturated rings. The number of methoxy groups -OCH3 is 1. The summed E-state index contributed by atoms with van der Waals surface area (Å²) in [6, 6.07) is 16.6. The van der Waals surface area contributed by atoms with Crippen molar-refractivity contribution < 1.29 is 18.9 Å². The molecule has 4 heterocycles. The van der Waals surface area contributed by atoms with Crippen molar-refractivity contribution in [1.29, 1.82) is 0 Å². The molecule has 4 aromatic rings. The zero-order chi connectivity index (χ0) is 28.2. The van der Waals surface area contributed by atoms with Crippen molar-refractivity contribution in [3.63, 3.8) is 0 Å². The molecule has 0 radical (unpaired) electrons. The number of para-hydroxylation sites is 1. The first-order valence-corrected chi connectivity index (χ1v) is 14.4. The SMILES string of the molecule is COc1cc(-c2cc(=O)n(-c3ccccc3)c(=S)s2)ccc1Oc1nc(N2CCOCC2)nc(N2CCOCC2)n1. The van der Waals surface area contributed by atoms with Gasteiger partial charge in [0.2, 0.25) is 11.9 Å². The van der Waals surface area contributed by atoms with Crippen LogP contribution in [0.25, 0.3) is 16.1 Å². The number of morpholine rings is 2. The minimum absolute atomic E-state index is 0.162. The van der Waals surface area contributed by atoms with Crippen LogP contribution in [0.5, 0.6) is 17.5 Å². The van der Waals surface area contributed by atoms with Gasteiger partial charge in [-0.3, -0.25) is 9.36 Å². The fourth-order valence-electron chi connectivity index (χ4n) is 4.58. The van der Waals surface area contributed by atoms with Gasteiger partial charge in [0.25, 0.3) is 5.56 Å². The molecule has 212 valence electrons. The molecule has 2 aromatic carbocycles. The van der Waals surface area contributed by atoms with Crippen molar-refractivity contribution in [3.05, 3.63) is 68.9 Å². The zero-order valence-electron chi connectivity index (χ0n) is 22.4. The van der Waals surface area contributed by atoms with Gasteiger partial charge in [0.15, 0.2) is 15.5 Å². The molecular weight excluding hydrogens is 564 g/mol. The molecule has 0 N–H and O–H groups in total. The number of anilines is 2. The van der Waals surface area contributed by atoms with E-state index in [4.69, 9.17) is 36.1 Å². The summed E-state index contributed by atoms with van der Waals surface area (Å²) in [5.74, 6) is 1.97. The zero-order valence-corrected chi connectivity index (χ0v) is 24.0. The van der Waals surface area contributed by atoms with E-state index in [1.165, 1.54) is 15.9 Å². The third-order valence-electron chi connectivity index (χ3n) is 6.70. The number of hydrogen-bond donors (Lipinski definition) is 0. The standard InChI is InChI=1S/C28H28N6O5S2/c1-36-22-17-19(23-18-24(35)34(28(40)41-23)20-5-3-2-4-6-20)7-8-21(22)39-27-30-25(32-9-13-37-14-10-32)29-26(31-27)33-11-15-38-16-12-33/h2-8,17-18H,9-16H2,1H3. The van der Waals surface area contributed by atoms with Gasteiger partial charge in [0.05, 0.1) is 39.2 Å². The molecule has 41 heavy (non-hydrogen) atoms. The van der Waals surface area contributed by atoms with E-state index in [9.17, 15) is 4.79 Å². The van der Waals surface area contributed by atoms with Crippen molar-refractivity contribution in [2.75, 3.05) is 69.5 Å².